The number of piperidine rings is 1. The number of anilines is 1. The number of rotatable bonds is 4. The van der Waals surface area contributed by atoms with Crippen molar-refractivity contribution in [3.63, 3.8) is 0 Å². The van der Waals surface area contributed by atoms with Gasteiger partial charge in [0, 0.05) is 25.1 Å². The molecular weight excluding hydrogens is 316 g/mol. The normalized spacial score (nSPS) is 26.0. The molecule has 1 atom stereocenters. The Balaban J connectivity index is 0.00000192. The molecular formula is C16H27ClN4O2. The van der Waals surface area contributed by atoms with Crippen molar-refractivity contribution in [1.82, 2.24) is 15.4 Å². The van der Waals surface area contributed by atoms with Gasteiger partial charge in [-0.3, -0.25) is 4.79 Å². The summed E-state index contributed by atoms with van der Waals surface area (Å²) in [5.41, 5.74) is 0.396. The van der Waals surface area contributed by atoms with Crippen LogP contribution < -0.4 is 10.6 Å². The first-order valence-electron chi connectivity index (χ1n) is 8.21. The van der Waals surface area contributed by atoms with E-state index < -0.39 is 0 Å². The van der Waals surface area contributed by atoms with Gasteiger partial charge in [0.05, 0.1) is 0 Å². The molecule has 1 unspecified atom stereocenters. The Labute approximate surface area is 143 Å². The fourth-order valence-corrected chi connectivity index (χ4v) is 3.55. The Morgan fingerprint density at radius 1 is 1.52 bits per heavy atom. The molecule has 6 nitrogen and oxygen atoms in total. The van der Waals surface area contributed by atoms with Gasteiger partial charge in [0.15, 0.2) is 5.82 Å². The second-order valence-electron chi connectivity index (χ2n) is 7.10. The van der Waals surface area contributed by atoms with E-state index in [4.69, 9.17) is 4.52 Å². The fourth-order valence-electron chi connectivity index (χ4n) is 3.55. The summed E-state index contributed by atoms with van der Waals surface area (Å²) in [4.78, 5) is 14.8. The van der Waals surface area contributed by atoms with Crippen LogP contribution in [0.25, 0.3) is 0 Å². The molecule has 0 spiro atoms. The summed E-state index contributed by atoms with van der Waals surface area (Å²) in [7, 11) is 0. The summed E-state index contributed by atoms with van der Waals surface area (Å²) in [6.07, 6.45) is 3.09. The van der Waals surface area contributed by atoms with E-state index in [-0.39, 0.29) is 24.2 Å². The van der Waals surface area contributed by atoms with Crippen LogP contribution in [0.2, 0.25) is 0 Å². The number of amides is 1. The van der Waals surface area contributed by atoms with Crippen LogP contribution in [0.4, 0.5) is 5.82 Å². The van der Waals surface area contributed by atoms with Crippen LogP contribution in [0.3, 0.4) is 0 Å². The molecule has 2 fully saturated rings. The number of halogens is 1. The lowest BCUT2D eigenvalue weighted by Crippen LogP contribution is -2.43. The molecule has 2 aliphatic heterocycles. The smallest absolute Gasteiger partial charge is 0.228 e. The number of aromatic nitrogens is 1. The van der Waals surface area contributed by atoms with Crippen LogP contribution in [-0.4, -0.2) is 48.7 Å². The zero-order chi connectivity index (χ0) is 15.6. The number of hydrogen-bond acceptors (Lipinski definition) is 5. The van der Waals surface area contributed by atoms with E-state index in [2.05, 4.69) is 27.6 Å². The summed E-state index contributed by atoms with van der Waals surface area (Å²) in [5, 5.41) is 10.1. The molecule has 23 heavy (non-hydrogen) atoms. The van der Waals surface area contributed by atoms with Crippen molar-refractivity contribution in [2.75, 3.05) is 38.0 Å². The highest BCUT2D eigenvalue weighted by atomic mass is 35.5. The van der Waals surface area contributed by atoms with Gasteiger partial charge in [0.2, 0.25) is 5.91 Å². The minimum Gasteiger partial charge on any atom is -0.360 e. The van der Waals surface area contributed by atoms with Gasteiger partial charge < -0.3 is 20.1 Å². The second-order valence-corrected chi connectivity index (χ2v) is 7.10. The zero-order valence-electron chi connectivity index (χ0n) is 13.9. The topological polar surface area (TPSA) is 70.4 Å². The molecule has 1 aromatic heterocycles. The number of nitrogens with one attached hydrogen (secondary N) is 2. The lowest BCUT2D eigenvalue weighted by molar-refractivity contribution is -0.121. The van der Waals surface area contributed by atoms with Crippen LogP contribution in [0, 0.1) is 18.3 Å². The van der Waals surface area contributed by atoms with Gasteiger partial charge in [-0.1, -0.05) is 12.1 Å². The molecule has 2 saturated heterocycles. The highest BCUT2D eigenvalue weighted by Crippen LogP contribution is 2.28. The highest BCUT2D eigenvalue weighted by molar-refractivity contribution is 5.91. The lowest BCUT2D eigenvalue weighted by atomic mass is 9.87. The molecule has 1 amide bonds. The summed E-state index contributed by atoms with van der Waals surface area (Å²) in [6.45, 7) is 9.57. The highest BCUT2D eigenvalue weighted by Gasteiger charge is 2.33. The summed E-state index contributed by atoms with van der Waals surface area (Å²) < 4.78 is 4.98. The Hall–Kier alpha value is -1.11. The SMILES string of the molecule is Cc1cc(NC(=O)C2CCN(CC3(C)CCNC3)CC2)no1.Cl. The Kier molecular flexibility index (Phi) is 6.06. The Bertz CT molecular complexity index is 520. The number of carbonyl (C=O) groups excluding carboxylic acids is 1. The predicted molar refractivity (Wildman–Crippen MR) is 91.9 cm³/mol. The average molecular weight is 343 g/mol. The first-order valence-corrected chi connectivity index (χ1v) is 8.21. The first-order chi connectivity index (χ1) is 10.5. The average Bonchev–Trinajstić information content (AvgIpc) is 3.08. The Morgan fingerprint density at radius 3 is 2.83 bits per heavy atom. The van der Waals surface area contributed by atoms with Gasteiger partial charge in [-0.05, 0) is 51.2 Å². The van der Waals surface area contributed by atoms with Crippen LogP contribution in [0.5, 0.6) is 0 Å². The van der Waals surface area contributed by atoms with Crippen molar-refractivity contribution >= 4 is 24.1 Å². The maximum Gasteiger partial charge on any atom is 0.228 e. The van der Waals surface area contributed by atoms with E-state index in [0.717, 1.165) is 45.6 Å². The van der Waals surface area contributed by atoms with Gasteiger partial charge in [-0.2, -0.15) is 0 Å². The fraction of sp³-hybridized carbons (Fsp3) is 0.750. The van der Waals surface area contributed by atoms with Gasteiger partial charge in [-0.25, -0.2) is 0 Å². The number of likely N-dealkylation sites (tertiary alicyclic amines) is 1. The molecule has 2 aliphatic rings. The van der Waals surface area contributed by atoms with Gasteiger partial charge in [0.1, 0.15) is 5.76 Å². The molecule has 0 bridgehead atoms. The van der Waals surface area contributed by atoms with E-state index >= 15 is 0 Å². The Morgan fingerprint density at radius 2 is 2.26 bits per heavy atom. The molecule has 0 radical (unpaired) electrons. The minimum atomic E-state index is 0. The first kappa shape index (κ1) is 18.2. The maximum atomic E-state index is 12.3. The van der Waals surface area contributed by atoms with E-state index in [1.165, 1.54) is 6.42 Å². The largest absolute Gasteiger partial charge is 0.360 e. The van der Waals surface area contributed by atoms with Crippen LogP contribution in [0.15, 0.2) is 10.6 Å². The van der Waals surface area contributed by atoms with Crippen molar-refractivity contribution in [3.05, 3.63) is 11.8 Å². The van der Waals surface area contributed by atoms with Crippen LogP contribution in [0.1, 0.15) is 31.9 Å². The molecule has 130 valence electrons. The quantitative estimate of drug-likeness (QED) is 0.876. The van der Waals surface area contributed by atoms with Gasteiger partial charge >= 0.3 is 0 Å². The minimum absolute atomic E-state index is 0. The monoisotopic (exact) mass is 342 g/mol. The third kappa shape index (κ3) is 4.68. The van der Waals surface area contributed by atoms with Crippen molar-refractivity contribution < 1.29 is 9.32 Å². The lowest BCUT2D eigenvalue weighted by Gasteiger charge is -2.36. The zero-order valence-corrected chi connectivity index (χ0v) is 14.7. The van der Waals surface area contributed by atoms with Crippen molar-refractivity contribution in [1.29, 1.82) is 0 Å². The van der Waals surface area contributed by atoms with E-state index in [9.17, 15) is 4.79 Å². The molecule has 0 saturated carbocycles. The number of aryl methyl sites for hydroxylation is 1. The molecule has 3 heterocycles. The molecule has 0 aromatic carbocycles. The van der Waals surface area contributed by atoms with E-state index in [1.807, 2.05) is 6.92 Å². The van der Waals surface area contributed by atoms with E-state index in [1.54, 1.807) is 6.07 Å². The third-order valence-corrected chi connectivity index (χ3v) is 4.90. The number of nitrogens with zero attached hydrogens (tertiary/aromatic N) is 2. The number of carbonyl (C=O) groups is 1. The third-order valence-electron chi connectivity index (χ3n) is 4.90. The maximum absolute atomic E-state index is 12.3. The molecule has 0 aliphatic carbocycles. The van der Waals surface area contributed by atoms with Crippen LogP contribution in [-0.2, 0) is 4.79 Å². The molecule has 1 aromatic rings. The molecule has 2 N–H and O–H groups in total. The van der Waals surface area contributed by atoms with E-state index in [0.29, 0.717) is 17.0 Å². The summed E-state index contributed by atoms with van der Waals surface area (Å²) in [5.74, 6) is 1.39. The summed E-state index contributed by atoms with van der Waals surface area (Å²) >= 11 is 0. The standard InChI is InChI=1S/C16H26N4O2.ClH/c1-12-9-14(19-22-12)18-15(21)13-3-7-20(8-4-13)11-16(2)5-6-17-10-16;/h9,13,17H,3-8,10-11H2,1-2H3,(H,18,19,21);1H. The predicted octanol–water partition coefficient (Wildman–Crippen LogP) is 2.05. The summed E-state index contributed by atoms with van der Waals surface area (Å²) in [6, 6.07) is 1.75. The number of hydrogen-bond donors (Lipinski definition) is 2. The molecule has 7 heteroatoms. The second kappa shape index (κ2) is 7.64. The van der Waals surface area contributed by atoms with Crippen molar-refractivity contribution in [2.45, 2.75) is 33.1 Å². The van der Waals surface area contributed by atoms with Crippen molar-refractivity contribution in [2.24, 2.45) is 11.3 Å². The van der Waals surface area contributed by atoms with Gasteiger partial charge in [0.25, 0.3) is 0 Å². The molecule has 3 rings (SSSR count). The van der Waals surface area contributed by atoms with Crippen molar-refractivity contribution in [3.8, 4) is 0 Å². The van der Waals surface area contributed by atoms with Gasteiger partial charge in [-0.15, -0.1) is 12.4 Å². The van der Waals surface area contributed by atoms with Crippen LogP contribution >= 0.6 is 12.4 Å².